The van der Waals surface area contributed by atoms with Gasteiger partial charge in [-0.2, -0.15) is 5.26 Å². The molecule has 0 N–H and O–H groups in total. The molecule has 3 aromatic rings. The summed E-state index contributed by atoms with van der Waals surface area (Å²) in [5.41, 5.74) is 1.31. The quantitative estimate of drug-likeness (QED) is 0.304. The normalized spacial score (nSPS) is 17.9. The minimum Gasteiger partial charge on any atom is -0.373 e. The number of hydrogen-bond acceptors (Lipinski definition) is 4. The predicted octanol–water partition coefficient (Wildman–Crippen LogP) is 6.40. The van der Waals surface area contributed by atoms with Gasteiger partial charge in [0.25, 0.3) is 0 Å². The smallest absolute Gasteiger partial charge is 0.158 e. The van der Waals surface area contributed by atoms with Crippen LogP contribution in [0.3, 0.4) is 0 Å². The van der Waals surface area contributed by atoms with Crippen molar-refractivity contribution in [2.75, 3.05) is 19.8 Å². The van der Waals surface area contributed by atoms with Crippen molar-refractivity contribution < 1.29 is 27.4 Å². The van der Waals surface area contributed by atoms with Gasteiger partial charge in [0.2, 0.25) is 0 Å². The van der Waals surface area contributed by atoms with E-state index in [1.165, 1.54) is 6.07 Å². The van der Waals surface area contributed by atoms with Crippen LogP contribution < -0.4 is 0 Å². The third-order valence-corrected chi connectivity index (χ3v) is 6.45. The Morgan fingerprint density at radius 1 is 0.944 bits per heavy atom. The van der Waals surface area contributed by atoms with E-state index in [1.54, 1.807) is 12.1 Å². The third kappa shape index (κ3) is 6.44. The minimum atomic E-state index is -0.900. The van der Waals surface area contributed by atoms with Crippen molar-refractivity contribution in [2.24, 2.45) is 0 Å². The SMILES string of the molecule is CCCCOC1COC(CCc2ccc3c(F)c(CCc4cc(F)c(C#N)c(F)c4)ccc3c2)OC1. The van der Waals surface area contributed by atoms with Crippen molar-refractivity contribution in [2.45, 2.75) is 57.8 Å². The molecule has 0 bridgehead atoms. The fourth-order valence-corrected chi connectivity index (χ4v) is 4.36. The Morgan fingerprint density at radius 2 is 1.69 bits per heavy atom. The summed E-state index contributed by atoms with van der Waals surface area (Å²) in [6.07, 6.45) is 3.81. The third-order valence-electron chi connectivity index (χ3n) is 6.45. The van der Waals surface area contributed by atoms with Gasteiger partial charge in [-0.25, -0.2) is 13.2 Å². The van der Waals surface area contributed by atoms with Crippen LogP contribution in [-0.4, -0.2) is 32.2 Å². The zero-order chi connectivity index (χ0) is 25.5. The lowest BCUT2D eigenvalue weighted by molar-refractivity contribution is -0.227. The van der Waals surface area contributed by atoms with E-state index in [-0.39, 0.29) is 31.1 Å². The number of rotatable bonds is 10. The Balaban J connectivity index is 1.33. The highest BCUT2D eigenvalue weighted by atomic mass is 19.1. The molecular formula is C29H30F3NO3. The van der Waals surface area contributed by atoms with E-state index in [2.05, 4.69) is 6.92 Å². The van der Waals surface area contributed by atoms with Crippen molar-refractivity contribution in [3.63, 3.8) is 0 Å². The van der Waals surface area contributed by atoms with Crippen LogP contribution in [0.1, 0.15) is 48.4 Å². The van der Waals surface area contributed by atoms with Crippen LogP contribution in [0.4, 0.5) is 13.2 Å². The zero-order valence-electron chi connectivity index (χ0n) is 20.4. The largest absolute Gasteiger partial charge is 0.373 e. The molecule has 1 fully saturated rings. The Labute approximate surface area is 209 Å². The van der Waals surface area contributed by atoms with Gasteiger partial charge in [-0.15, -0.1) is 0 Å². The molecule has 0 aliphatic carbocycles. The summed E-state index contributed by atoms with van der Waals surface area (Å²) in [5, 5.41) is 10.1. The molecule has 1 aliphatic heterocycles. The van der Waals surface area contributed by atoms with Crippen LogP contribution in [-0.2, 0) is 33.5 Å². The number of nitrogens with zero attached hydrogens (tertiary/aromatic N) is 1. The predicted molar refractivity (Wildman–Crippen MR) is 131 cm³/mol. The average Bonchev–Trinajstić information content (AvgIpc) is 2.88. The van der Waals surface area contributed by atoms with E-state index in [1.807, 2.05) is 18.2 Å². The maximum Gasteiger partial charge on any atom is 0.158 e. The monoisotopic (exact) mass is 497 g/mol. The van der Waals surface area contributed by atoms with Gasteiger partial charge in [-0.05, 0) is 59.9 Å². The Bertz CT molecular complexity index is 1210. The van der Waals surface area contributed by atoms with Crippen LogP contribution in [0.2, 0.25) is 0 Å². The Kier molecular flexibility index (Phi) is 8.98. The number of fused-ring (bicyclic) bond motifs is 1. The summed E-state index contributed by atoms with van der Waals surface area (Å²) in [4.78, 5) is 0. The number of benzene rings is 3. The van der Waals surface area contributed by atoms with E-state index in [4.69, 9.17) is 19.5 Å². The summed E-state index contributed by atoms with van der Waals surface area (Å²) in [5.74, 6) is -2.13. The van der Waals surface area contributed by atoms with E-state index >= 15 is 4.39 Å². The van der Waals surface area contributed by atoms with Crippen LogP contribution in [0, 0.1) is 28.8 Å². The van der Waals surface area contributed by atoms with Crippen LogP contribution >= 0.6 is 0 Å². The number of aryl methyl sites for hydroxylation is 3. The van der Waals surface area contributed by atoms with Gasteiger partial charge in [0.15, 0.2) is 6.29 Å². The lowest BCUT2D eigenvalue weighted by Crippen LogP contribution is -2.37. The molecule has 0 saturated carbocycles. The highest BCUT2D eigenvalue weighted by molar-refractivity contribution is 5.84. The lowest BCUT2D eigenvalue weighted by Gasteiger charge is -2.29. The van der Waals surface area contributed by atoms with Crippen molar-refractivity contribution >= 4 is 10.8 Å². The lowest BCUT2D eigenvalue weighted by atomic mass is 9.97. The van der Waals surface area contributed by atoms with Gasteiger partial charge < -0.3 is 14.2 Å². The van der Waals surface area contributed by atoms with E-state index in [9.17, 15) is 8.78 Å². The van der Waals surface area contributed by atoms with Crippen molar-refractivity contribution in [3.8, 4) is 6.07 Å². The first-order valence-corrected chi connectivity index (χ1v) is 12.4. The molecular weight excluding hydrogens is 467 g/mol. The molecule has 1 saturated heterocycles. The number of halogens is 3. The van der Waals surface area contributed by atoms with Gasteiger partial charge in [0, 0.05) is 18.4 Å². The molecule has 0 atom stereocenters. The van der Waals surface area contributed by atoms with Crippen molar-refractivity contribution in [1.82, 2.24) is 0 Å². The first-order valence-electron chi connectivity index (χ1n) is 12.4. The first-order chi connectivity index (χ1) is 17.5. The van der Waals surface area contributed by atoms with Gasteiger partial charge in [-0.3, -0.25) is 0 Å². The zero-order valence-corrected chi connectivity index (χ0v) is 20.4. The number of hydrogen-bond donors (Lipinski definition) is 0. The summed E-state index contributed by atoms with van der Waals surface area (Å²) in [6, 6.07) is 13.0. The standard InChI is InChI=1S/C29H30F3NO3/c1-2-3-12-34-23-17-35-28(36-18-23)11-6-19-5-10-24-22(13-19)9-8-21(29(24)32)7-4-20-14-26(30)25(16-33)27(31)15-20/h5,8-10,13-15,23,28H,2-4,6-7,11-12,17-18H2,1H3. The van der Waals surface area contributed by atoms with E-state index < -0.39 is 17.2 Å². The second kappa shape index (κ2) is 12.4. The molecule has 1 aliphatic rings. The Hall–Kier alpha value is -2.92. The van der Waals surface area contributed by atoms with Gasteiger partial charge in [-0.1, -0.05) is 43.7 Å². The fraction of sp³-hybridized carbons (Fsp3) is 0.414. The fourth-order valence-electron chi connectivity index (χ4n) is 4.36. The molecule has 0 aromatic heterocycles. The molecule has 7 heteroatoms. The number of unbranched alkanes of at least 4 members (excludes halogenated alkanes) is 1. The second-order valence-electron chi connectivity index (χ2n) is 9.12. The van der Waals surface area contributed by atoms with Crippen LogP contribution in [0.15, 0.2) is 42.5 Å². The molecule has 4 rings (SSSR count). The van der Waals surface area contributed by atoms with Crippen LogP contribution in [0.25, 0.3) is 10.8 Å². The van der Waals surface area contributed by atoms with Gasteiger partial charge >= 0.3 is 0 Å². The molecule has 4 nitrogen and oxygen atoms in total. The maximum absolute atomic E-state index is 15.2. The summed E-state index contributed by atoms with van der Waals surface area (Å²) in [7, 11) is 0. The number of nitriles is 1. The summed E-state index contributed by atoms with van der Waals surface area (Å²) in [6.45, 7) is 3.91. The van der Waals surface area contributed by atoms with Gasteiger partial charge in [0.05, 0.1) is 13.2 Å². The van der Waals surface area contributed by atoms with E-state index in [0.29, 0.717) is 36.1 Å². The molecule has 0 unspecified atom stereocenters. The maximum atomic E-state index is 15.2. The van der Waals surface area contributed by atoms with E-state index in [0.717, 1.165) is 49.0 Å². The van der Waals surface area contributed by atoms with Gasteiger partial charge in [0.1, 0.15) is 35.2 Å². The summed E-state index contributed by atoms with van der Waals surface area (Å²) < 4.78 is 60.2. The first kappa shape index (κ1) is 26.2. The van der Waals surface area contributed by atoms with Crippen molar-refractivity contribution in [1.29, 1.82) is 5.26 Å². The number of ether oxygens (including phenoxy) is 3. The van der Waals surface area contributed by atoms with Crippen LogP contribution in [0.5, 0.6) is 0 Å². The highest BCUT2D eigenvalue weighted by Gasteiger charge is 2.22. The minimum absolute atomic E-state index is 0.0133. The molecule has 190 valence electrons. The Morgan fingerprint density at radius 3 is 2.39 bits per heavy atom. The second-order valence-corrected chi connectivity index (χ2v) is 9.12. The van der Waals surface area contributed by atoms with Crippen molar-refractivity contribution in [3.05, 3.63) is 82.2 Å². The molecule has 0 amide bonds. The molecule has 0 radical (unpaired) electrons. The highest BCUT2D eigenvalue weighted by Crippen LogP contribution is 2.25. The molecule has 3 aromatic carbocycles. The topological polar surface area (TPSA) is 51.5 Å². The molecule has 0 spiro atoms. The average molecular weight is 498 g/mol. The molecule has 36 heavy (non-hydrogen) atoms. The summed E-state index contributed by atoms with van der Waals surface area (Å²) >= 11 is 0. The molecule has 1 heterocycles.